The summed E-state index contributed by atoms with van der Waals surface area (Å²) in [6.45, 7) is 10.7. The Kier molecular flexibility index (Phi) is 5.98. The van der Waals surface area contributed by atoms with Crippen LogP contribution >= 0.6 is 11.3 Å². The summed E-state index contributed by atoms with van der Waals surface area (Å²) in [5.74, 6) is 3.49. The first-order valence-corrected chi connectivity index (χ1v) is 13.3. The Morgan fingerprint density at radius 1 is 1.06 bits per heavy atom. The SMILES string of the molecule is Cc1c(C(=O)N2CCN(Cc3ccc4c(c3)OCO4)CC2)sc2ncnc(N3CCC(C)CC3)c12. The molecule has 1 amide bonds. The van der Waals surface area contributed by atoms with Crippen LogP contribution in [0.4, 0.5) is 5.82 Å². The summed E-state index contributed by atoms with van der Waals surface area (Å²) in [5.41, 5.74) is 2.22. The maximum Gasteiger partial charge on any atom is 0.264 e. The van der Waals surface area contributed by atoms with Crippen molar-refractivity contribution in [2.75, 3.05) is 51.0 Å². The smallest absolute Gasteiger partial charge is 0.264 e. The number of aromatic nitrogens is 2. The van der Waals surface area contributed by atoms with Gasteiger partial charge in [0.1, 0.15) is 17.0 Å². The minimum atomic E-state index is 0.117. The summed E-state index contributed by atoms with van der Waals surface area (Å²) in [6, 6.07) is 6.12. The number of hydrogen-bond acceptors (Lipinski definition) is 8. The van der Waals surface area contributed by atoms with Gasteiger partial charge in [-0.2, -0.15) is 0 Å². The predicted octanol–water partition coefficient (Wildman–Crippen LogP) is 3.92. The molecule has 0 unspecified atom stereocenters. The molecule has 3 aliphatic heterocycles. The zero-order valence-electron chi connectivity index (χ0n) is 20.3. The molecule has 6 rings (SSSR count). The van der Waals surface area contributed by atoms with Crippen molar-refractivity contribution in [2.24, 2.45) is 5.92 Å². The average Bonchev–Trinajstić information content (AvgIpc) is 3.48. The van der Waals surface area contributed by atoms with E-state index in [9.17, 15) is 4.79 Å². The van der Waals surface area contributed by atoms with Crippen molar-refractivity contribution in [3.8, 4) is 11.5 Å². The molecule has 0 aliphatic carbocycles. The third-order valence-corrected chi connectivity index (χ3v) is 8.67. The number of ether oxygens (including phenoxy) is 2. The highest BCUT2D eigenvalue weighted by Gasteiger charge is 2.28. The Balaban J connectivity index is 1.14. The number of benzene rings is 1. The van der Waals surface area contributed by atoms with E-state index in [1.807, 2.05) is 11.0 Å². The summed E-state index contributed by atoms with van der Waals surface area (Å²) in [6.07, 6.45) is 4.00. The summed E-state index contributed by atoms with van der Waals surface area (Å²) in [7, 11) is 0. The number of carbonyl (C=O) groups excluding carboxylic acids is 1. The molecule has 2 saturated heterocycles. The van der Waals surface area contributed by atoms with Crippen LogP contribution in [0, 0.1) is 12.8 Å². The second kappa shape index (κ2) is 9.28. The molecule has 0 atom stereocenters. The van der Waals surface area contributed by atoms with Gasteiger partial charge in [-0.25, -0.2) is 9.97 Å². The first-order chi connectivity index (χ1) is 17.1. The van der Waals surface area contributed by atoms with Gasteiger partial charge in [0.25, 0.3) is 5.91 Å². The van der Waals surface area contributed by atoms with Crippen molar-refractivity contribution < 1.29 is 14.3 Å². The van der Waals surface area contributed by atoms with Crippen LogP contribution in [0.15, 0.2) is 24.5 Å². The number of piperidine rings is 1. The second-order valence-corrected chi connectivity index (χ2v) is 10.9. The van der Waals surface area contributed by atoms with Gasteiger partial charge in [-0.3, -0.25) is 9.69 Å². The quantitative estimate of drug-likeness (QED) is 0.546. The summed E-state index contributed by atoms with van der Waals surface area (Å²) in [5, 5.41) is 1.05. The number of thiophene rings is 1. The zero-order chi connectivity index (χ0) is 23.9. The third-order valence-electron chi connectivity index (χ3n) is 7.49. The lowest BCUT2D eigenvalue weighted by atomic mass is 9.99. The number of aryl methyl sites for hydroxylation is 1. The van der Waals surface area contributed by atoms with Crippen LogP contribution in [0.5, 0.6) is 11.5 Å². The second-order valence-electron chi connectivity index (χ2n) is 9.86. The zero-order valence-corrected chi connectivity index (χ0v) is 21.1. The molecule has 3 aromatic rings. The molecule has 0 N–H and O–H groups in total. The van der Waals surface area contributed by atoms with Crippen molar-refractivity contribution in [1.82, 2.24) is 19.8 Å². The Bertz CT molecular complexity index is 1250. The maximum absolute atomic E-state index is 13.5. The predicted molar refractivity (Wildman–Crippen MR) is 137 cm³/mol. The summed E-state index contributed by atoms with van der Waals surface area (Å²) in [4.78, 5) is 31.2. The lowest BCUT2D eigenvalue weighted by Crippen LogP contribution is -2.48. The van der Waals surface area contributed by atoms with E-state index in [2.05, 4.69) is 45.7 Å². The van der Waals surface area contributed by atoms with Crippen LogP contribution in [0.3, 0.4) is 0 Å². The van der Waals surface area contributed by atoms with Gasteiger partial charge in [-0.05, 0) is 48.9 Å². The minimum Gasteiger partial charge on any atom is -0.454 e. The van der Waals surface area contributed by atoms with Crippen LogP contribution in [-0.4, -0.2) is 71.7 Å². The van der Waals surface area contributed by atoms with Crippen molar-refractivity contribution in [2.45, 2.75) is 33.2 Å². The van der Waals surface area contributed by atoms with Crippen LogP contribution < -0.4 is 14.4 Å². The lowest BCUT2D eigenvalue weighted by molar-refractivity contribution is 0.0632. The fourth-order valence-electron chi connectivity index (χ4n) is 5.27. The van der Waals surface area contributed by atoms with Crippen molar-refractivity contribution in [1.29, 1.82) is 0 Å². The number of fused-ring (bicyclic) bond motifs is 2. The van der Waals surface area contributed by atoms with Gasteiger partial charge in [0.2, 0.25) is 6.79 Å². The molecule has 3 aliphatic rings. The molecule has 5 heterocycles. The highest BCUT2D eigenvalue weighted by atomic mass is 32.1. The first-order valence-electron chi connectivity index (χ1n) is 12.5. The van der Waals surface area contributed by atoms with Gasteiger partial charge in [0, 0.05) is 45.8 Å². The van der Waals surface area contributed by atoms with E-state index in [0.29, 0.717) is 6.79 Å². The fraction of sp³-hybridized carbons (Fsp3) is 0.500. The number of carbonyl (C=O) groups is 1. The molecule has 9 heteroatoms. The molecule has 0 saturated carbocycles. The number of hydrogen-bond donors (Lipinski definition) is 0. The molecule has 8 nitrogen and oxygen atoms in total. The lowest BCUT2D eigenvalue weighted by Gasteiger charge is -2.34. The van der Waals surface area contributed by atoms with E-state index < -0.39 is 0 Å². The van der Waals surface area contributed by atoms with Crippen molar-refractivity contribution in [3.63, 3.8) is 0 Å². The number of rotatable bonds is 4. The van der Waals surface area contributed by atoms with E-state index in [4.69, 9.17) is 9.47 Å². The molecular weight excluding hydrogens is 462 g/mol. The third kappa shape index (κ3) is 4.31. The average molecular weight is 494 g/mol. The highest BCUT2D eigenvalue weighted by molar-refractivity contribution is 7.20. The van der Waals surface area contributed by atoms with E-state index >= 15 is 0 Å². The molecule has 1 aromatic carbocycles. The summed E-state index contributed by atoms with van der Waals surface area (Å²) < 4.78 is 10.9. The largest absolute Gasteiger partial charge is 0.454 e. The normalized spacial score (nSPS) is 19.0. The van der Waals surface area contributed by atoms with Crippen molar-refractivity contribution in [3.05, 3.63) is 40.5 Å². The first kappa shape index (κ1) is 22.5. The number of nitrogens with zero attached hydrogens (tertiary/aromatic N) is 5. The van der Waals surface area contributed by atoms with Gasteiger partial charge in [-0.1, -0.05) is 13.0 Å². The molecule has 184 valence electrons. The van der Waals surface area contributed by atoms with Gasteiger partial charge in [-0.15, -0.1) is 11.3 Å². The Morgan fingerprint density at radius 2 is 1.83 bits per heavy atom. The van der Waals surface area contributed by atoms with Crippen LogP contribution in [-0.2, 0) is 6.54 Å². The van der Waals surface area contributed by atoms with Crippen LogP contribution in [0.2, 0.25) is 0 Å². The van der Waals surface area contributed by atoms with Crippen molar-refractivity contribution >= 4 is 33.3 Å². The Labute approximate surface area is 209 Å². The highest BCUT2D eigenvalue weighted by Crippen LogP contribution is 2.37. The monoisotopic (exact) mass is 493 g/mol. The molecule has 0 radical (unpaired) electrons. The minimum absolute atomic E-state index is 0.117. The molecule has 0 bridgehead atoms. The van der Waals surface area contributed by atoms with E-state index in [-0.39, 0.29) is 5.91 Å². The summed E-state index contributed by atoms with van der Waals surface area (Å²) >= 11 is 1.51. The van der Waals surface area contributed by atoms with E-state index in [1.165, 1.54) is 29.7 Å². The standard InChI is InChI=1S/C26H31N5O3S/c1-17-5-7-30(8-6-17)24-22-18(2)23(35-25(22)28-15-27-24)26(32)31-11-9-29(10-12-31)14-19-3-4-20-21(13-19)34-16-33-20/h3-4,13,15,17H,5-12,14,16H2,1-2H3. The molecule has 0 spiro atoms. The van der Waals surface area contributed by atoms with Crippen LogP contribution in [0.1, 0.15) is 40.6 Å². The number of piperazine rings is 1. The Morgan fingerprint density at radius 3 is 2.63 bits per heavy atom. The maximum atomic E-state index is 13.5. The Hall–Kier alpha value is -2.91. The van der Waals surface area contributed by atoms with Crippen LogP contribution in [0.25, 0.3) is 10.2 Å². The fourth-order valence-corrected chi connectivity index (χ4v) is 6.38. The number of amides is 1. The molecule has 2 fully saturated rings. The van der Waals surface area contributed by atoms with Gasteiger partial charge < -0.3 is 19.3 Å². The van der Waals surface area contributed by atoms with Gasteiger partial charge in [0.15, 0.2) is 11.5 Å². The number of anilines is 1. The molecular formula is C26H31N5O3S. The van der Waals surface area contributed by atoms with E-state index in [1.54, 1.807) is 6.33 Å². The molecule has 35 heavy (non-hydrogen) atoms. The topological polar surface area (TPSA) is 71.0 Å². The molecule has 2 aromatic heterocycles. The van der Waals surface area contributed by atoms with E-state index in [0.717, 1.165) is 89.7 Å². The van der Waals surface area contributed by atoms with Gasteiger partial charge in [0.05, 0.1) is 10.3 Å². The van der Waals surface area contributed by atoms with Gasteiger partial charge >= 0.3 is 0 Å².